The van der Waals surface area contributed by atoms with Gasteiger partial charge in [0.1, 0.15) is 0 Å². The summed E-state index contributed by atoms with van der Waals surface area (Å²) in [5, 5.41) is 3.37. The van der Waals surface area contributed by atoms with Crippen LogP contribution in [0.2, 0.25) is 0 Å². The summed E-state index contributed by atoms with van der Waals surface area (Å²) < 4.78 is 31.3. The lowest BCUT2D eigenvalue weighted by molar-refractivity contribution is 0.0876. The zero-order valence-corrected chi connectivity index (χ0v) is 12.1. The molecule has 1 unspecified atom stereocenters. The van der Waals surface area contributed by atoms with Crippen LogP contribution in [0.5, 0.6) is 0 Å². The number of anilines is 1. The van der Waals surface area contributed by atoms with Crippen LogP contribution in [0.4, 0.5) is 5.69 Å². The van der Waals surface area contributed by atoms with Crippen molar-refractivity contribution in [3.05, 3.63) is 23.8 Å². The maximum absolute atomic E-state index is 11.8. The first-order chi connectivity index (χ1) is 9.03. The molecule has 0 spiro atoms. The van der Waals surface area contributed by atoms with Crippen molar-refractivity contribution in [1.82, 2.24) is 4.72 Å². The summed E-state index contributed by atoms with van der Waals surface area (Å²) in [4.78, 5) is 0.278. The molecular weight excluding hydrogens is 264 g/mol. The van der Waals surface area contributed by atoms with Crippen molar-refractivity contribution in [1.29, 1.82) is 0 Å². The molecule has 1 aliphatic heterocycles. The number of hydrogen-bond donors (Lipinski definition) is 2. The Labute approximate surface area is 114 Å². The lowest BCUT2D eigenvalue weighted by Gasteiger charge is -2.25. The van der Waals surface area contributed by atoms with E-state index in [0.717, 1.165) is 30.7 Å². The first-order valence-electron chi connectivity index (χ1n) is 6.41. The molecule has 2 rings (SSSR count). The number of sulfonamides is 1. The summed E-state index contributed by atoms with van der Waals surface area (Å²) in [6.07, 6.45) is 2.08. The molecule has 0 bridgehead atoms. The van der Waals surface area contributed by atoms with Crippen LogP contribution in [-0.2, 0) is 14.8 Å². The average molecular weight is 284 g/mol. The van der Waals surface area contributed by atoms with Crippen molar-refractivity contribution in [2.45, 2.75) is 30.7 Å². The fourth-order valence-electron chi connectivity index (χ4n) is 2.12. The molecule has 5 nitrogen and oxygen atoms in total. The monoisotopic (exact) mass is 284 g/mol. The van der Waals surface area contributed by atoms with Gasteiger partial charge < -0.3 is 10.1 Å². The second-order valence-electron chi connectivity index (χ2n) is 4.74. The first kappa shape index (κ1) is 14.3. The van der Waals surface area contributed by atoms with E-state index in [4.69, 9.17) is 4.74 Å². The minimum atomic E-state index is -3.40. The fraction of sp³-hybridized carbons (Fsp3) is 0.538. The Morgan fingerprint density at radius 1 is 1.37 bits per heavy atom. The molecule has 1 heterocycles. The summed E-state index contributed by atoms with van der Waals surface area (Å²) in [6.45, 7) is 3.44. The van der Waals surface area contributed by atoms with Gasteiger partial charge in [-0.1, -0.05) is 6.07 Å². The third-order valence-corrected chi connectivity index (χ3v) is 4.72. The van der Waals surface area contributed by atoms with Crippen LogP contribution in [0.15, 0.2) is 23.1 Å². The van der Waals surface area contributed by atoms with Gasteiger partial charge in [0.2, 0.25) is 10.0 Å². The topological polar surface area (TPSA) is 67.4 Å². The third kappa shape index (κ3) is 3.46. The Balaban J connectivity index is 2.22. The van der Waals surface area contributed by atoms with Gasteiger partial charge in [-0.3, -0.25) is 0 Å². The van der Waals surface area contributed by atoms with Crippen molar-refractivity contribution >= 4 is 15.7 Å². The highest BCUT2D eigenvalue weighted by atomic mass is 32.2. The predicted octanol–water partition coefficient (Wildman–Crippen LogP) is 1.49. The zero-order chi connectivity index (χ0) is 13.9. The average Bonchev–Trinajstić information content (AvgIpc) is 2.42. The van der Waals surface area contributed by atoms with Crippen LogP contribution in [0.3, 0.4) is 0 Å². The first-order valence-corrected chi connectivity index (χ1v) is 7.90. The standard InChI is InChI=1S/C13H20N2O3S/c1-10-5-6-12(19(16,17)14-2)8-13(10)15-11-4-3-7-18-9-11/h5-6,8,11,14-15H,3-4,7,9H2,1-2H3. The van der Waals surface area contributed by atoms with Gasteiger partial charge in [-0.05, 0) is 44.5 Å². The van der Waals surface area contributed by atoms with Gasteiger partial charge in [0.15, 0.2) is 0 Å². The molecule has 6 heteroatoms. The highest BCUT2D eigenvalue weighted by Crippen LogP contribution is 2.22. The third-order valence-electron chi connectivity index (χ3n) is 3.31. The lowest BCUT2D eigenvalue weighted by Crippen LogP contribution is -2.30. The van der Waals surface area contributed by atoms with Crippen LogP contribution in [0.1, 0.15) is 18.4 Å². The van der Waals surface area contributed by atoms with Crippen molar-refractivity contribution in [2.75, 3.05) is 25.6 Å². The number of nitrogens with one attached hydrogen (secondary N) is 2. The van der Waals surface area contributed by atoms with Crippen LogP contribution < -0.4 is 10.0 Å². The quantitative estimate of drug-likeness (QED) is 0.879. The molecule has 2 N–H and O–H groups in total. The SMILES string of the molecule is CNS(=O)(=O)c1ccc(C)c(NC2CCCOC2)c1. The van der Waals surface area contributed by atoms with Gasteiger partial charge in [-0.15, -0.1) is 0 Å². The Morgan fingerprint density at radius 3 is 2.79 bits per heavy atom. The predicted molar refractivity (Wildman–Crippen MR) is 74.9 cm³/mol. The number of rotatable bonds is 4. The van der Waals surface area contributed by atoms with Gasteiger partial charge in [-0.25, -0.2) is 13.1 Å². The molecule has 1 atom stereocenters. The van der Waals surface area contributed by atoms with Crippen molar-refractivity contribution in [2.24, 2.45) is 0 Å². The van der Waals surface area contributed by atoms with Gasteiger partial charge in [0.05, 0.1) is 11.5 Å². The smallest absolute Gasteiger partial charge is 0.240 e. The molecule has 106 valence electrons. The Morgan fingerprint density at radius 2 is 2.16 bits per heavy atom. The molecule has 0 aliphatic carbocycles. The highest BCUT2D eigenvalue weighted by Gasteiger charge is 2.17. The summed E-state index contributed by atoms with van der Waals surface area (Å²) in [6, 6.07) is 5.36. The second-order valence-corrected chi connectivity index (χ2v) is 6.63. The van der Waals surface area contributed by atoms with E-state index in [2.05, 4.69) is 10.0 Å². The number of benzene rings is 1. The van der Waals surface area contributed by atoms with E-state index in [0.29, 0.717) is 6.61 Å². The summed E-state index contributed by atoms with van der Waals surface area (Å²) in [5.41, 5.74) is 1.88. The van der Waals surface area contributed by atoms with Crippen molar-refractivity contribution < 1.29 is 13.2 Å². The largest absolute Gasteiger partial charge is 0.380 e. The highest BCUT2D eigenvalue weighted by molar-refractivity contribution is 7.89. The van der Waals surface area contributed by atoms with Gasteiger partial charge >= 0.3 is 0 Å². The van der Waals surface area contributed by atoms with Crippen LogP contribution in [0, 0.1) is 6.92 Å². The van der Waals surface area contributed by atoms with Crippen molar-refractivity contribution in [3.8, 4) is 0 Å². The maximum Gasteiger partial charge on any atom is 0.240 e. The Bertz CT molecular complexity index is 537. The molecule has 0 saturated carbocycles. The summed E-state index contributed by atoms with van der Waals surface area (Å²) >= 11 is 0. The Hall–Kier alpha value is -1.11. The van der Waals surface area contributed by atoms with E-state index in [1.54, 1.807) is 12.1 Å². The van der Waals surface area contributed by atoms with E-state index >= 15 is 0 Å². The van der Waals surface area contributed by atoms with Crippen LogP contribution in [-0.4, -0.2) is 34.7 Å². The van der Waals surface area contributed by atoms with Crippen LogP contribution >= 0.6 is 0 Å². The zero-order valence-electron chi connectivity index (χ0n) is 11.3. The fourth-order valence-corrected chi connectivity index (χ4v) is 2.87. The molecule has 1 aromatic carbocycles. The van der Waals surface area contributed by atoms with Crippen LogP contribution in [0.25, 0.3) is 0 Å². The van der Waals surface area contributed by atoms with Gasteiger partial charge in [0, 0.05) is 18.3 Å². The number of ether oxygens (including phenoxy) is 1. The molecule has 1 aliphatic rings. The molecule has 1 saturated heterocycles. The molecule has 0 aromatic heterocycles. The van der Waals surface area contributed by atoms with E-state index < -0.39 is 10.0 Å². The lowest BCUT2D eigenvalue weighted by atomic mass is 10.1. The van der Waals surface area contributed by atoms with Crippen molar-refractivity contribution in [3.63, 3.8) is 0 Å². The summed E-state index contributed by atoms with van der Waals surface area (Å²) in [7, 11) is -1.99. The number of aryl methyl sites for hydroxylation is 1. The van der Waals surface area contributed by atoms with E-state index in [9.17, 15) is 8.42 Å². The molecule has 1 fully saturated rings. The van der Waals surface area contributed by atoms with E-state index in [1.807, 2.05) is 13.0 Å². The Kier molecular flexibility index (Phi) is 4.44. The van der Waals surface area contributed by atoms with Gasteiger partial charge in [0.25, 0.3) is 0 Å². The molecule has 0 amide bonds. The second kappa shape index (κ2) is 5.90. The normalized spacial score (nSPS) is 20.2. The maximum atomic E-state index is 11.8. The number of hydrogen-bond acceptors (Lipinski definition) is 4. The minimum absolute atomic E-state index is 0.250. The van der Waals surface area contributed by atoms with Gasteiger partial charge in [-0.2, -0.15) is 0 Å². The summed E-state index contributed by atoms with van der Waals surface area (Å²) in [5.74, 6) is 0. The van der Waals surface area contributed by atoms with E-state index in [-0.39, 0.29) is 10.9 Å². The molecule has 0 radical (unpaired) electrons. The molecular formula is C13H20N2O3S. The minimum Gasteiger partial charge on any atom is -0.380 e. The molecule has 1 aromatic rings. The van der Waals surface area contributed by atoms with E-state index in [1.165, 1.54) is 7.05 Å². The molecule has 19 heavy (non-hydrogen) atoms.